The first-order valence-corrected chi connectivity index (χ1v) is 5.09. The summed E-state index contributed by atoms with van der Waals surface area (Å²) in [6.07, 6.45) is 0. The van der Waals surface area contributed by atoms with E-state index in [1.165, 1.54) is 0 Å². The molecule has 0 unspecified atom stereocenters. The first kappa shape index (κ1) is 12.5. The number of hydrogen-bond donors (Lipinski definition) is 2. The van der Waals surface area contributed by atoms with Gasteiger partial charge in [-0.3, -0.25) is 0 Å². The number of aromatic nitrogens is 1. The summed E-state index contributed by atoms with van der Waals surface area (Å²) in [7, 11) is 1.64. The molecular formula is C10H18N4O2. The van der Waals surface area contributed by atoms with Crippen LogP contribution in [0.4, 0.5) is 0 Å². The molecule has 0 fully saturated rings. The number of methoxy groups -OCH3 is 1. The lowest BCUT2D eigenvalue weighted by Crippen LogP contribution is -2.40. The predicted octanol–water partition coefficient (Wildman–Crippen LogP) is 0.422. The molecule has 0 aliphatic heterocycles. The van der Waals surface area contributed by atoms with Crippen molar-refractivity contribution < 1.29 is 9.26 Å². The van der Waals surface area contributed by atoms with Crippen LogP contribution in [0.3, 0.4) is 0 Å². The number of guanidine groups is 1. The fraction of sp³-hybridized carbons (Fsp3) is 0.600. The molecule has 0 spiro atoms. The van der Waals surface area contributed by atoms with Crippen LogP contribution in [0, 0.1) is 6.92 Å². The molecule has 0 saturated carbocycles. The first-order chi connectivity index (χ1) is 7.61. The van der Waals surface area contributed by atoms with E-state index in [4.69, 9.17) is 15.0 Å². The van der Waals surface area contributed by atoms with Gasteiger partial charge in [0.15, 0.2) is 5.96 Å². The van der Waals surface area contributed by atoms with E-state index in [9.17, 15) is 0 Å². The van der Waals surface area contributed by atoms with E-state index < -0.39 is 0 Å². The molecule has 0 aliphatic carbocycles. The number of rotatable bonds is 5. The summed E-state index contributed by atoms with van der Waals surface area (Å²) in [6.45, 7) is 4.80. The van der Waals surface area contributed by atoms with E-state index in [0.29, 0.717) is 19.1 Å². The molecule has 0 bridgehead atoms. The largest absolute Gasteiger partial charge is 0.383 e. The zero-order valence-corrected chi connectivity index (χ0v) is 9.86. The van der Waals surface area contributed by atoms with E-state index in [1.807, 2.05) is 19.9 Å². The molecule has 1 rings (SSSR count). The molecule has 0 aromatic carbocycles. The summed E-state index contributed by atoms with van der Waals surface area (Å²) in [5.74, 6) is 1.15. The molecule has 1 heterocycles. The van der Waals surface area contributed by atoms with Crippen molar-refractivity contribution in [2.75, 3.05) is 13.7 Å². The Kier molecular flexibility index (Phi) is 4.78. The maximum atomic E-state index is 5.68. The van der Waals surface area contributed by atoms with E-state index in [0.717, 1.165) is 11.5 Å². The average molecular weight is 226 g/mol. The lowest BCUT2D eigenvalue weighted by molar-refractivity contribution is 0.179. The van der Waals surface area contributed by atoms with E-state index in [-0.39, 0.29) is 6.04 Å². The minimum Gasteiger partial charge on any atom is -0.383 e. The summed E-state index contributed by atoms with van der Waals surface area (Å²) in [4.78, 5) is 4.14. The number of nitrogens with one attached hydrogen (secondary N) is 1. The Morgan fingerprint density at radius 1 is 1.75 bits per heavy atom. The molecule has 90 valence electrons. The van der Waals surface area contributed by atoms with Crippen LogP contribution in [0.1, 0.15) is 18.4 Å². The highest BCUT2D eigenvalue weighted by atomic mass is 16.5. The summed E-state index contributed by atoms with van der Waals surface area (Å²) in [5.41, 5.74) is 6.45. The van der Waals surface area contributed by atoms with Gasteiger partial charge in [-0.2, -0.15) is 0 Å². The molecule has 3 N–H and O–H groups in total. The molecular weight excluding hydrogens is 208 g/mol. The molecule has 1 atom stereocenters. The molecule has 1 aromatic heterocycles. The van der Waals surface area contributed by atoms with Crippen LogP contribution in [0.2, 0.25) is 0 Å². The average Bonchev–Trinajstić information content (AvgIpc) is 2.61. The van der Waals surface area contributed by atoms with Crippen molar-refractivity contribution >= 4 is 5.96 Å². The predicted molar refractivity (Wildman–Crippen MR) is 61.0 cm³/mol. The van der Waals surface area contributed by atoms with Crippen molar-refractivity contribution in [1.29, 1.82) is 0 Å². The van der Waals surface area contributed by atoms with Crippen molar-refractivity contribution in [3.63, 3.8) is 0 Å². The molecule has 0 amide bonds. The van der Waals surface area contributed by atoms with Gasteiger partial charge in [0.05, 0.1) is 13.2 Å². The Hall–Kier alpha value is -1.56. The second-order valence-corrected chi connectivity index (χ2v) is 3.63. The van der Waals surface area contributed by atoms with Crippen LogP contribution in [0.25, 0.3) is 0 Å². The van der Waals surface area contributed by atoms with Crippen LogP contribution < -0.4 is 11.1 Å². The SMILES string of the molecule is COC[C@@H](C)NC(N)=NCc1cc(C)on1. The molecule has 6 heteroatoms. The van der Waals surface area contributed by atoms with Crippen LogP contribution in [0.15, 0.2) is 15.6 Å². The van der Waals surface area contributed by atoms with Gasteiger partial charge in [0.1, 0.15) is 11.5 Å². The molecule has 6 nitrogen and oxygen atoms in total. The maximum absolute atomic E-state index is 5.68. The zero-order chi connectivity index (χ0) is 12.0. The van der Waals surface area contributed by atoms with E-state index >= 15 is 0 Å². The third-order valence-electron chi connectivity index (χ3n) is 1.90. The highest BCUT2D eigenvalue weighted by Gasteiger charge is 2.02. The lowest BCUT2D eigenvalue weighted by Gasteiger charge is -2.12. The monoisotopic (exact) mass is 226 g/mol. The highest BCUT2D eigenvalue weighted by molar-refractivity contribution is 5.78. The van der Waals surface area contributed by atoms with Crippen molar-refractivity contribution in [2.24, 2.45) is 10.7 Å². The first-order valence-electron chi connectivity index (χ1n) is 5.09. The second-order valence-electron chi connectivity index (χ2n) is 3.63. The lowest BCUT2D eigenvalue weighted by atomic mass is 10.4. The Morgan fingerprint density at radius 2 is 2.50 bits per heavy atom. The normalized spacial score (nSPS) is 13.8. The minimum absolute atomic E-state index is 0.132. The highest BCUT2D eigenvalue weighted by Crippen LogP contribution is 2.02. The Balaban J connectivity index is 2.39. The van der Waals surface area contributed by atoms with Crippen LogP contribution in [-0.4, -0.2) is 30.9 Å². The summed E-state index contributed by atoms with van der Waals surface area (Å²) in [6, 6.07) is 1.96. The van der Waals surface area contributed by atoms with Gasteiger partial charge in [0, 0.05) is 19.2 Å². The van der Waals surface area contributed by atoms with Crippen molar-refractivity contribution in [1.82, 2.24) is 10.5 Å². The van der Waals surface area contributed by atoms with Crippen LogP contribution >= 0.6 is 0 Å². The fourth-order valence-electron chi connectivity index (χ4n) is 1.25. The second kappa shape index (κ2) is 6.12. The van der Waals surface area contributed by atoms with Gasteiger partial charge in [-0.05, 0) is 13.8 Å². The van der Waals surface area contributed by atoms with E-state index in [1.54, 1.807) is 7.11 Å². The van der Waals surface area contributed by atoms with E-state index in [2.05, 4.69) is 15.5 Å². The van der Waals surface area contributed by atoms with Gasteiger partial charge in [0.25, 0.3) is 0 Å². The van der Waals surface area contributed by atoms with Gasteiger partial charge in [-0.25, -0.2) is 4.99 Å². The van der Waals surface area contributed by atoms with Crippen molar-refractivity contribution in [2.45, 2.75) is 26.4 Å². The number of ether oxygens (including phenoxy) is 1. The fourth-order valence-corrected chi connectivity index (χ4v) is 1.25. The third kappa shape index (κ3) is 4.31. The quantitative estimate of drug-likeness (QED) is 0.561. The van der Waals surface area contributed by atoms with Crippen LogP contribution in [0.5, 0.6) is 0 Å². The smallest absolute Gasteiger partial charge is 0.189 e. The van der Waals surface area contributed by atoms with Gasteiger partial charge in [-0.15, -0.1) is 0 Å². The zero-order valence-electron chi connectivity index (χ0n) is 9.86. The molecule has 1 aromatic rings. The number of hydrogen-bond acceptors (Lipinski definition) is 4. The van der Waals surface area contributed by atoms with Gasteiger partial charge in [0.2, 0.25) is 0 Å². The molecule has 0 saturated heterocycles. The number of nitrogens with zero attached hydrogens (tertiary/aromatic N) is 2. The van der Waals surface area contributed by atoms with Crippen molar-refractivity contribution in [3.8, 4) is 0 Å². The summed E-state index contributed by atoms with van der Waals surface area (Å²) in [5, 5.41) is 6.82. The summed E-state index contributed by atoms with van der Waals surface area (Å²) < 4.78 is 9.89. The van der Waals surface area contributed by atoms with Crippen LogP contribution in [-0.2, 0) is 11.3 Å². The van der Waals surface area contributed by atoms with Gasteiger partial charge < -0.3 is 20.3 Å². The molecule has 16 heavy (non-hydrogen) atoms. The Bertz CT molecular complexity index is 348. The van der Waals surface area contributed by atoms with Crippen molar-refractivity contribution in [3.05, 3.63) is 17.5 Å². The van der Waals surface area contributed by atoms with Gasteiger partial charge in [-0.1, -0.05) is 5.16 Å². The topological polar surface area (TPSA) is 85.7 Å². The third-order valence-corrected chi connectivity index (χ3v) is 1.90. The Morgan fingerprint density at radius 3 is 3.06 bits per heavy atom. The minimum atomic E-state index is 0.132. The number of aryl methyl sites for hydroxylation is 1. The standard InChI is InChI=1S/C10H18N4O2/c1-7(6-15-3)13-10(11)12-5-9-4-8(2)16-14-9/h4,7H,5-6H2,1-3H3,(H3,11,12,13)/t7-/m1/s1. The van der Waals surface area contributed by atoms with Gasteiger partial charge >= 0.3 is 0 Å². The number of nitrogens with two attached hydrogens (primary N) is 1. The Labute approximate surface area is 94.8 Å². The molecule has 0 radical (unpaired) electrons. The maximum Gasteiger partial charge on any atom is 0.189 e. The summed E-state index contributed by atoms with van der Waals surface area (Å²) >= 11 is 0. The molecule has 0 aliphatic rings. The number of aliphatic imine (C=N–C) groups is 1.